The van der Waals surface area contributed by atoms with Crippen LogP contribution in [0.5, 0.6) is 5.75 Å². The Kier molecular flexibility index (Phi) is 4.70. The first-order valence-electron chi connectivity index (χ1n) is 8.30. The highest BCUT2D eigenvalue weighted by atomic mass is 32.2. The van der Waals surface area contributed by atoms with E-state index in [1.165, 1.54) is 13.2 Å². The van der Waals surface area contributed by atoms with Gasteiger partial charge in [-0.05, 0) is 24.3 Å². The molecule has 8 heteroatoms. The Morgan fingerprint density at radius 2 is 1.89 bits per heavy atom. The molecule has 2 heterocycles. The largest absolute Gasteiger partial charge is 0.507 e. The van der Waals surface area contributed by atoms with Crippen LogP contribution in [0, 0.1) is 0 Å². The molecular weight excluding hydrogens is 380 g/mol. The van der Waals surface area contributed by atoms with Crippen molar-refractivity contribution in [1.29, 1.82) is 0 Å². The van der Waals surface area contributed by atoms with Gasteiger partial charge in [0, 0.05) is 5.39 Å². The number of aromatic hydroxyl groups is 1. The molecule has 0 saturated heterocycles. The molecule has 2 aromatic carbocycles. The molecule has 0 aliphatic heterocycles. The van der Waals surface area contributed by atoms with Crippen LogP contribution >= 0.6 is 11.8 Å². The smallest absolute Gasteiger partial charge is 0.348 e. The Hall–Kier alpha value is -3.39. The Labute approximate surface area is 163 Å². The van der Waals surface area contributed by atoms with Crippen molar-refractivity contribution < 1.29 is 19.1 Å². The molecule has 0 aliphatic carbocycles. The third-order valence-corrected chi connectivity index (χ3v) is 5.07. The van der Waals surface area contributed by atoms with Crippen LogP contribution < -0.4 is 5.63 Å². The quantitative estimate of drug-likeness (QED) is 0.185. The van der Waals surface area contributed by atoms with Crippen LogP contribution in [-0.2, 0) is 9.53 Å². The highest BCUT2D eigenvalue weighted by Gasteiger charge is 2.19. The molecule has 28 heavy (non-hydrogen) atoms. The van der Waals surface area contributed by atoms with E-state index in [9.17, 15) is 14.7 Å². The number of phenols is 1. The molecule has 140 valence electrons. The highest BCUT2D eigenvalue weighted by molar-refractivity contribution is 8.00. The Balaban J connectivity index is 2.04. The monoisotopic (exact) mass is 394 g/mol. The normalized spacial score (nSPS) is 11.0. The second-order valence-corrected chi connectivity index (χ2v) is 6.81. The zero-order valence-electron chi connectivity index (χ0n) is 14.7. The number of fused-ring (bicyclic) bond motifs is 3. The van der Waals surface area contributed by atoms with Crippen molar-refractivity contribution in [2.75, 3.05) is 12.9 Å². The van der Waals surface area contributed by atoms with E-state index in [4.69, 9.17) is 4.42 Å². The molecule has 7 nitrogen and oxygen atoms in total. The number of carbonyl (C=O) groups is 1. The van der Waals surface area contributed by atoms with Crippen molar-refractivity contribution in [1.82, 2.24) is 9.97 Å². The van der Waals surface area contributed by atoms with Gasteiger partial charge in [-0.15, -0.1) is 0 Å². The molecule has 1 N–H and O–H groups in total. The summed E-state index contributed by atoms with van der Waals surface area (Å²) in [4.78, 5) is 33.2. The zero-order valence-corrected chi connectivity index (χ0v) is 15.5. The van der Waals surface area contributed by atoms with Gasteiger partial charge in [-0.25, -0.2) is 14.8 Å². The van der Waals surface area contributed by atoms with Gasteiger partial charge in [0.15, 0.2) is 5.82 Å². The molecule has 0 aliphatic rings. The number of thioether (sulfide) groups is 1. The molecule has 0 radical (unpaired) electrons. The fourth-order valence-electron chi connectivity index (χ4n) is 2.80. The van der Waals surface area contributed by atoms with E-state index >= 15 is 0 Å². The van der Waals surface area contributed by atoms with Gasteiger partial charge >= 0.3 is 11.6 Å². The summed E-state index contributed by atoms with van der Waals surface area (Å²) >= 11 is 1.05. The molecule has 0 saturated carbocycles. The van der Waals surface area contributed by atoms with Crippen LogP contribution in [0.2, 0.25) is 0 Å². The van der Waals surface area contributed by atoms with Crippen molar-refractivity contribution >= 4 is 39.6 Å². The van der Waals surface area contributed by atoms with E-state index in [0.29, 0.717) is 22.0 Å². The highest BCUT2D eigenvalue weighted by Crippen LogP contribution is 2.33. The van der Waals surface area contributed by atoms with Crippen molar-refractivity contribution in [3.8, 4) is 17.1 Å². The lowest BCUT2D eigenvalue weighted by atomic mass is 10.1. The standard InChI is InChI=1S/C20H14N2O5S/c1-26-15(24)10-28-19-16-17(12-7-3-5-9-14(12)27-20(16)25)21-18(22-19)11-6-2-4-8-13(11)23/h2-9,23H,10H2,1H3. The number of ether oxygens (including phenoxy) is 1. The predicted molar refractivity (Wildman–Crippen MR) is 105 cm³/mol. The maximum absolute atomic E-state index is 12.6. The molecule has 0 amide bonds. The van der Waals surface area contributed by atoms with Crippen molar-refractivity contribution in [3.63, 3.8) is 0 Å². The molecular formula is C20H14N2O5S. The number of rotatable bonds is 4. The van der Waals surface area contributed by atoms with Gasteiger partial charge in [0.2, 0.25) is 0 Å². The van der Waals surface area contributed by atoms with Crippen LogP contribution in [0.1, 0.15) is 0 Å². The van der Waals surface area contributed by atoms with Gasteiger partial charge in [-0.2, -0.15) is 0 Å². The van der Waals surface area contributed by atoms with E-state index < -0.39 is 11.6 Å². The summed E-state index contributed by atoms with van der Waals surface area (Å²) in [5.41, 5.74) is 0.616. The number of methoxy groups -OCH3 is 1. The van der Waals surface area contributed by atoms with Crippen molar-refractivity contribution in [2.24, 2.45) is 0 Å². The summed E-state index contributed by atoms with van der Waals surface area (Å²) in [5.74, 6) is -0.229. The molecule has 0 spiro atoms. The Morgan fingerprint density at radius 3 is 2.68 bits per heavy atom. The lowest BCUT2D eigenvalue weighted by Gasteiger charge is -2.10. The maximum Gasteiger partial charge on any atom is 0.348 e. The first kappa shape index (κ1) is 18.0. The predicted octanol–water partition coefficient (Wildman–Crippen LogP) is 3.37. The van der Waals surface area contributed by atoms with Gasteiger partial charge < -0.3 is 14.3 Å². The van der Waals surface area contributed by atoms with Crippen LogP contribution in [-0.4, -0.2) is 33.9 Å². The molecule has 2 aromatic heterocycles. The van der Waals surface area contributed by atoms with Crippen LogP contribution in [0.15, 0.2) is 62.8 Å². The summed E-state index contributed by atoms with van der Waals surface area (Å²) in [6, 6.07) is 13.7. The third kappa shape index (κ3) is 3.18. The van der Waals surface area contributed by atoms with E-state index in [-0.39, 0.29) is 27.7 Å². The Morgan fingerprint density at radius 1 is 1.14 bits per heavy atom. The topological polar surface area (TPSA) is 103 Å². The number of esters is 1. The molecule has 0 unspecified atom stereocenters. The number of carbonyl (C=O) groups excluding carboxylic acids is 1. The Bertz CT molecular complexity index is 1270. The zero-order chi connectivity index (χ0) is 19.7. The summed E-state index contributed by atoms with van der Waals surface area (Å²) in [6.07, 6.45) is 0. The molecule has 0 bridgehead atoms. The third-order valence-electron chi connectivity index (χ3n) is 4.12. The van der Waals surface area contributed by atoms with E-state index in [1.54, 1.807) is 36.4 Å². The second kappa shape index (κ2) is 7.32. The van der Waals surface area contributed by atoms with Gasteiger partial charge in [-0.1, -0.05) is 36.0 Å². The minimum atomic E-state index is -0.593. The van der Waals surface area contributed by atoms with Gasteiger partial charge in [0.05, 0.1) is 23.9 Å². The number of benzene rings is 2. The van der Waals surface area contributed by atoms with E-state index in [0.717, 1.165) is 11.8 Å². The minimum absolute atomic E-state index is 0.0121. The average molecular weight is 394 g/mol. The number of para-hydroxylation sites is 2. The number of phenolic OH excluding ortho intramolecular Hbond substituents is 1. The fourth-order valence-corrected chi connectivity index (χ4v) is 3.64. The average Bonchev–Trinajstić information content (AvgIpc) is 2.71. The van der Waals surface area contributed by atoms with Crippen LogP contribution in [0.3, 0.4) is 0 Å². The molecule has 0 atom stereocenters. The van der Waals surface area contributed by atoms with Gasteiger partial charge in [0.25, 0.3) is 0 Å². The number of nitrogens with zero attached hydrogens (tertiary/aromatic N) is 2. The van der Waals surface area contributed by atoms with Crippen LogP contribution in [0.4, 0.5) is 0 Å². The molecule has 0 fully saturated rings. The summed E-state index contributed by atoms with van der Waals surface area (Å²) < 4.78 is 10.1. The van der Waals surface area contributed by atoms with Crippen molar-refractivity contribution in [3.05, 3.63) is 59.0 Å². The maximum atomic E-state index is 12.6. The second-order valence-electron chi connectivity index (χ2n) is 5.84. The SMILES string of the molecule is COC(=O)CSc1nc(-c2ccccc2O)nc2c1c(=O)oc1ccccc12. The van der Waals surface area contributed by atoms with Gasteiger partial charge in [0.1, 0.15) is 21.7 Å². The number of aromatic nitrogens is 2. The first-order chi connectivity index (χ1) is 13.6. The van der Waals surface area contributed by atoms with Crippen molar-refractivity contribution in [2.45, 2.75) is 5.03 Å². The van der Waals surface area contributed by atoms with E-state index in [2.05, 4.69) is 14.7 Å². The molecule has 4 rings (SSSR count). The van der Waals surface area contributed by atoms with E-state index in [1.807, 2.05) is 6.07 Å². The summed E-state index contributed by atoms with van der Waals surface area (Å²) in [6.45, 7) is 0. The summed E-state index contributed by atoms with van der Waals surface area (Å²) in [7, 11) is 1.29. The summed E-state index contributed by atoms with van der Waals surface area (Å²) in [5, 5.41) is 11.3. The first-order valence-corrected chi connectivity index (χ1v) is 9.28. The molecule has 4 aromatic rings. The van der Waals surface area contributed by atoms with Crippen LogP contribution in [0.25, 0.3) is 33.3 Å². The lowest BCUT2D eigenvalue weighted by Crippen LogP contribution is -2.08. The van der Waals surface area contributed by atoms with Gasteiger partial charge in [-0.3, -0.25) is 4.79 Å². The lowest BCUT2D eigenvalue weighted by molar-refractivity contribution is -0.137. The fraction of sp³-hybridized carbons (Fsp3) is 0.100. The minimum Gasteiger partial charge on any atom is -0.507 e. The number of hydrogen-bond donors (Lipinski definition) is 1. The number of hydrogen-bond acceptors (Lipinski definition) is 8.